The molecule has 0 spiro atoms. The Hall–Kier alpha value is -2.67. The van der Waals surface area contributed by atoms with Crippen LogP contribution in [0.1, 0.15) is 5.56 Å². The monoisotopic (exact) mass is 225 g/mol. The zero-order chi connectivity index (χ0) is 12.3. The number of hydrogen-bond donors (Lipinski definition) is 0. The van der Waals surface area contributed by atoms with Gasteiger partial charge in [-0.3, -0.25) is 14.4 Å². The zero-order valence-electron chi connectivity index (χ0n) is 8.71. The summed E-state index contributed by atoms with van der Waals surface area (Å²) >= 11 is 0. The van der Waals surface area contributed by atoms with Crippen LogP contribution >= 0.6 is 0 Å². The first-order valence-electron chi connectivity index (χ1n) is 4.84. The number of carbonyl (C=O) groups is 3. The maximum atomic E-state index is 11.4. The molecule has 0 radical (unpaired) electrons. The Balaban J connectivity index is 2.27. The van der Waals surface area contributed by atoms with Crippen molar-refractivity contribution in [2.75, 3.05) is 4.90 Å². The minimum absolute atomic E-state index is 0.360. The topological polar surface area (TPSA) is 54.5 Å². The largest absolute Gasteiger partial charge is 0.289 e. The summed E-state index contributed by atoms with van der Waals surface area (Å²) in [7, 11) is 0. The lowest BCUT2D eigenvalue weighted by Crippen LogP contribution is -2.29. The lowest BCUT2D eigenvalue weighted by molar-refractivity contribution is -0.120. The fraction of sp³-hybridized carbons (Fsp3) is 0. The van der Waals surface area contributed by atoms with E-state index in [0.29, 0.717) is 17.5 Å². The van der Waals surface area contributed by atoms with Crippen molar-refractivity contribution in [3.63, 3.8) is 0 Å². The highest BCUT2D eigenvalue weighted by molar-refractivity contribution is 6.28. The second kappa shape index (κ2) is 4.45. The van der Waals surface area contributed by atoms with Crippen molar-refractivity contribution in [3.8, 4) is 11.8 Å². The molecule has 17 heavy (non-hydrogen) atoms. The van der Waals surface area contributed by atoms with Crippen LogP contribution < -0.4 is 4.90 Å². The molecule has 1 heterocycles. The predicted octanol–water partition coefficient (Wildman–Crippen LogP) is 0.666. The van der Waals surface area contributed by atoms with Crippen LogP contribution in [0.2, 0.25) is 0 Å². The van der Waals surface area contributed by atoms with E-state index in [1.807, 2.05) is 0 Å². The van der Waals surface area contributed by atoms with Crippen molar-refractivity contribution in [2.45, 2.75) is 0 Å². The molecule has 0 atom stereocenters. The quantitative estimate of drug-likeness (QED) is 0.401. The minimum Gasteiger partial charge on any atom is -0.289 e. The molecule has 0 aliphatic carbocycles. The Morgan fingerprint density at radius 1 is 1.00 bits per heavy atom. The third kappa shape index (κ3) is 2.13. The summed E-state index contributed by atoms with van der Waals surface area (Å²) in [6.45, 7) is 0. The summed E-state index contributed by atoms with van der Waals surface area (Å²) in [6, 6.07) is 6.50. The Bertz CT molecular complexity index is 555. The van der Waals surface area contributed by atoms with E-state index < -0.39 is 0 Å². The molecule has 0 N–H and O–H groups in total. The number of hydrogen-bond acceptors (Lipinski definition) is 3. The van der Waals surface area contributed by atoms with Gasteiger partial charge in [0.2, 0.25) is 0 Å². The van der Waals surface area contributed by atoms with Crippen molar-refractivity contribution >= 4 is 23.8 Å². The van der Waals surface area contributed by atoms with E-state index in [1.165, 1.54) is 12.2 Å². The molecule has 0 saturated heterocycles. The Morgan fingerprint density at radius 2 is 1.59 bits per heavy atom. The third-order valence-electron chi connectivity index (χ3n) is 2.21. The van der Waals surface area contributed by atoms with Crippen LogP contribution in [-0.2, 0) is 14.4 Å². The number of imide groups is 1. The van der Waals surface area contributed by atoms with Crippen LogP contribution in [0.15, 0.2) is 36.4 Å². The fourth-order valence-corrected chi connectivity index (χ4v) is 1.46. The van der Waals surface area contributed by atoms with E-state index in [-0.39, 0.29) is 11.8 Å². The summed E-state index contributed by atoms with van der Waals surface area (Å²) in [5.41, 5.74) is 1.13. The Labute approximate surface area is 97.5 Å². The molecule has 2 amide bonds. The molecular formula is C13H7NO3. The smallest absolute Gasteiger partial charge is 0.258 e. The van der Waals surface area contributed by atoms with Gasteiger partial charge in [0.05, 0.1) is 5.69 Å². The molecule has 2 rings (SSSR count). The highest BCUT2D eigenvalue weighted by Gasteiger charge is 2.24. The van der Waals surface area contributed by atoms with E-state index in [9.17, 15) is 14.4 Å². The summed E-state index contributed by atoms with van der Waals surface area (Å²) in [5, 5.41) is 0. The normalized spacial score (nSPS) is 13.5. The number of benzene rings is 1. The average molecular weight is 225 g/mol. The summed E-state index contributed by atoms with van der Waals surface area (Å²) in [4.78, 5) is 33.9. The van der Waals surface area contributed by atoms with Gasteiger partial charge in [0.1, 0.15) is 0 Å². The first-order valence-corrected chi connectivity index (χ1v) is 4.84. The number of anilines is 1. The van der Waals surface area contributed by atoms with E-state index in [0.717, 1.165) is 4.90 Å². The van der Waals surface area contributed by atoms with Gasteiger partial charge in [0, 0.05) is 17.7 Å². The molecule has 0 unspecified atom stereocenters. The molecule has 1 aliphatic rings. The predicted molar refractivity (Wildman–Crippen MR) is 61.0 cm³/mol. The molecule has 0 aromatic heterocycles. The van der Waals surface area contributed by atoms with Crippen molar-refractivity contribution in [1.29, 1.82) is 0 Å². The number of nitrogens with zero attached hydrogens (tertiary/aromatic N) is 1. The van der Waals surface area contributed by atoms with Crippen LogP contribution in [0.4, 0.5) is 5.69 Å². The lowest BCUT2D eigenvalue weighted by atomic mass is 10.2. The maximum absolute atomic E-state index is 11.4. The van der Waals surface area contributed by atoms with Crippen LogP contribution in [0.5, 0.6) is 0 Å². The second-order valence-electron chi connectivity index (χ2n) is 3.28. The molecule has 1 aliphatic heterocycles. The van der Waals surface area contributed by atoms with Gasteiger partial charge in [-0.25, -0.2) is 4.90 Å². The van der Waals surface area contributed by atoms with Crippen LogP contribution in [0, 0.1) is 11.8 Å². The minimum atomic E-state index is -0.360. The number of amides is 2. The molecule has 1 aromatic rings. The van der Waals surface area contributed by atoms with Gasteiger partial charge in [-0.15, -0.1) is 0 Å². The number of carbonyl (C=O) groups excluding carboxylic acids is 3. The van der Waals surface area contributed by atoms with Crippen LogP contribution in [-0.4, -0.2) is 18.1 Å². The lowest BCUT2D eigenvalue weighted by Gasteiger charge is -2.13. The van der Waals surface area contributed by atoms with Crippen LogP contribution in [0.3, 0.4) is 0 Å². The zero-order valence-corrected chi connectivity index (χ0v) is 8.71. The van der Waals surface area contributed by atoms with E-state index in [1.54, 1.807) is 24.3 Å². The molecule has 82 valence electrons. The van der Waals surface area contributed by atoms with Gasteiger partial charge in [-0.1, -0.05) is 5.92 Å². The van der Waals surface area contributed by atoms with Gasteiger partial charge < -0.3 is 0 Å². The first-order chi connectivity index (χ1) is 8.22. The van der Waals surface area contributed by atoms with Gasteiger partial charge in [0.15, 0.2) is 6.29 Å². The summed E-state index contributed by atoms with van der Waals surface area (Å²) in [5.74, 6) is 4.17. The van der Waals surface area contributed by atoms with Crippen molar-refractivity contribution in [3.05, 3.63) is 42.0 Å². The SMILES string of the molecule is O=CC#Cc1ccc(N2C(=O)C=CC2=O)cc1. The van der Waals surface area contributed by atoms with Crippen molar-refractivity contribution in [1.82, 2.24) is 0 Å². The first kappa shape index (κ1) is 10.8. The van der Waals surface area contributed by atoms with Gasteiger partial charge >= 0.3 is 0 Å². The van der Waals surface area contributed by atoms with Crippen molar-refractivity contribution in [2.24, 2.45) is 0 Å². The highest BCUT2D eigenvalue weighted by Crippen LogP contribution is 2.18. The maximum Gasteiger partial charge on any atom is 0.258 e. The van der Waals surface area contributed by atoms with Gasteiger partial charge in [-0.05, 0) is 30.2 Å². The van der Waals surface area contributed by atoms with Gasteiger partial charge in [-0.2, -0.15) is 0 Å². The molecule has 4 heteroatoms. The summed E-state index contributed by atoms with van der Waals surface area (Å²) in [6.07, 6.45) is 2.95. The number of aldehydes is 1. The second-order valence-corrected chi connectivity index (χ2v) is 3.28. The molecule has 0 fully saturated rings. The molecule has 0 bridgehead atoms. The number of rotatable bonds is 1. The molecule has 4 nitrogen and oxygen atoms in total. The molecule has 1 aromatic carbocycles. The van der Waals surface area contributed by atoms with Crippen LogP contribution in [0.25, 0.3) is 0 Å². The third-order valence-corrected chi connectivity index (χ3v) is 2.21. The Morgan fingerprint density at radius 3 is 2.12 bits per heavy atom. The molecular weight excluding hydrogens is 218 g/mol. The highest BCUT2D eigenvalue weighted by atomic mass is 16.2. The Kier molecular flexibility index (Phi) is 2.84. The van der Waals surface area contributed by atoms with E-state index in [2.05, 4.69) is 11.8 Å². The standard InChI is InChI=1S/C13H7NO3/c15-9-1-2-10-3-5-11(6-4-10)14-12(16)7-8-13(14)17/h3-9H. The van der Waals surface area contributed by atoms with E-state index >= 15 is 0 Å². The average Bonchev–Trinajstić information content (AvgIpc) is 2.67. The molecule has 0 saturated carbocycles. The van der Waals surface area contributed by atoms with E-state index in [4.69, 9.17) is 0 Å². The fourth-order valence-electron chi connectivity index (χ4n) is 1.46. The summed E-state index contributed by atoms with van der Waals surface area (Å²) < 4.78 is 0. The van der Waals surface area contributed by atoms with Crippen molar-refractivity contribution < 1.29 is 14.4 Å². The van der Waals surface area contributed by atoms with Gasteiger partial charge in [0.25, 0.3) is 11.8 Å².